The van der Waals surface area contributed by atoms with E-state index in [0.29, 0.717) is 16.6 Å². The molecule has 31 heavy (non-hydrogen) atoms. The SMILES string of the molecule is NC1=CC2=c3ccccc3=CC2=CC1(NC1=NC(c2ccco2)=CC(C=S)S1)[N+](=O)[O-]. The zero-order chi connectivity index (χ0) is 21.6. The van der Waals surface area contributed by atoms with Gasteiger partial charge in [0.2, 0.25) is 0 Å². The van der Waals surface area contributed by atoms with Gasteiger partial charge in [-0.3, -0.25) is 15.4 Å². The van der Waals surface area contributed by atoms with Crippen molar-refractivity contribution in [2.75, 3.05) is 0 Å². The third-order valence-electron chi connectivity index (χ3n) is 5.26. The first-order chi connectivity index (χ1) is 15.0. The number of amidine groups is 1. The number of nitrogens with zero attached hydrogens (tertiary/aromatic N) is 2. The number of benzene rings is 1. The van der Waals surface area contributed by atoms with Crippen molar-refractivity contribution in [1.82, 2.24) is 5.32 Å². The molecular weight excluding hydrogens is 432 g/mol. The molecule has 0 radical (unpaired) electrons. The van der Waals surface area contributed by atoms with Gasteiger partial charge in [-0.1, -0.05) is 48.2 Å². The monoisotopic (exact) mass is 448 g/mol. The Labute approximate surface area is 186 Å². The van der Waals surface area contributed by atoms with Crippen LogP contribution in [0.2, 0.25) is 0 Å². The van der Waals surface area contributed by atoms with Crippen LogP contribution in [0.3, 0.4) is 0 Å². The minimum atomic E-state index is -1.83. The molecule has 0 amide bonds. The number of aliphatic imine (C=N–C) groups is 1. The molecule has 3 N–H and O–H groups in total. The van der Waals surface area contributed by atoms with Gasteiger partial charge in [0.1, 0.15) is 11.4 Å². The maximum absolute atomic E-state index is 12.3. The molecular formula is C22H16N4O3S2. The molecule has 2 aromatic rings. The number of thiocarbonyl (C=S) groups is 1. The lowest BCUT2D eigenvalue weighted by molar-refractivity contribution is -0.548. The lowest BCUT2D eigenvalue weighted by Crippen LogP contribution is -2.57. The molecule has 0 saturated heterocycles. The Morgan fingerprint density at radius 1 is 1.29 bits per heavy atom. The molecule has 2 aliphatic carbocycles. The van der Waals surface area contributed by atoms with E-state index in [1.165, 1.54) is 11.8 Å². The maximum Gasteiger partial charge on any atom is 0.355 e. The fourth-order valence-corrected chi connectivity index (χ4v) is 4.90. The summed E-state index contributed by atoms with van der Waals surface area (Å²) in [7, 11) is 0. The van der Waals surface area contributed by atoms with Crippen LogP contribution in [0.15, 0.2) is 81.6 Å². The van der Waals surface area contributed by atoms with Gasteiger partial charge in [-0.15, -0.1) is 0 Å². The van der Waals surface area contributed by atoms with Crippen LogP contribution in [-0.4, -0.2) is 26.4 Å². The molecule has 1 aliphatic heterocycles. The fraction of sp³-hybridized carbons (Fsp3) is 0.0909. The summed E-state index contributed by atoms with van der Waals surface area (Å²) >= 11 is 6.41. The van der Waals surface area contributed by atoms with Gasteiger partial charge in [0.25, 0.3) is 0 Å². The van der Waals surface area contributed by atoms with Crippen LogP contribution in [0, 0.1) is 10.1 Å². The Hall–Kier alpha value is -3.43. The number of rotatable bonds is 4. The van der Waals surface area contributed by atoms with E-state index in [4.69, 9.17) is 22.4 Å². The molecule has 0 saturated carbocycles. The predicted molar refractivity (Wildman–Crippen MR) is 126 cm³/mol. The second-order valence-electron chi connectivity index (χ2n) is 7.16. The number of hydrogen-bond acceptors (Lipinski definition) is 8. The van der Waals surface area contributed by atoms with Crippen molar-refractivity contribution in [3.8, 4) is 0 Å². The highest BCUT2D eigenvalue weighted by molar-refractivity contribution is 8.15. The highest BCUT2D eigenvalue weighted by atomic mass is 32.2. The van der Waals surface area contributed by atoms with Crippen molar-refractivity contribution in [3.05, 3.63) is 98.5 Å². The number of furan rings is 1. The van der Waals surface area contributed by atoms with Gasteiger partial charge in [0.05, 0.1) is 16.4 Å². The van der Waals surface area contributed by atoms with E-state index in [2.05, 4.69) is 10.3 Å². The van der Waals surface area contributed by atoms with E-state index in [0.717, 1.165) is 21.6 Å². The average Bonchev–Trinajstić information content (AvgIpc) is 3.42. The summed E-state index contributed by atoms with van der Waals surface area (Å²) in [5, 5.41) is 19.0. The highest BCUT2D eigenvalue weighted by Crippen LogP contribution is 2.34. The van der Waals surface area contributed by atoms with Crippen LogP contribution >= 0.6 is 24.0 Å². The van der Waals surface area contributed by atoms with Gasteiger partial charge >= 0.3 is 5.66 Å². The molecule has 0 spiro atoms. The summed E-state index contributed by atoms with van der Waals surface area (Å²) in [5.74, 6) is 0.553. The van der Waals surface area contributed by atoms with Gasteiger partial charge in [-0.05, 0) is 57.3 Å². The highest BCUT2D eigenvalue weighted by Gasteiger charge is 2.48. The van der Waals surface area contributed by atoms with Gasteiger partial charge < -0.3 is 10.2 Å². The minimum absolute atomic E-state index is 0.0812. The summed E-state index contributed by atoms with van der Waals surface area (Å²) in [6.07, 6.45) is 8.55. The van der Waals surface area contributed by atoms with E-state index in [9.17, 15) is 10.1 Å². The Morgan fingerprint density at radius 2 is 2.13 bits per heavy atom. The van der Waals surface area contributed by atoms with Crippen molar-refractivity contribution in [3.63, 3.8) is 0 Å². The van der Waals surface area contributed by atoms with Crippen LogP contribution in [0.25, 0.3) is 17.3 Å². The first-order valence-corrected chi connectivity index (χ1v) is 10.8. The van der Waals surface area contributed by atoms with Crippen LogP contribution in [-0.2, 0) is 0 Å². The second-order valence-corrected chi connectivity index (χ2v) is 8.60. The van der Waals surface area contributed by atoms with E-state index >= 15 is 0 Å². The molecule has 1 aromatic heterocycles. The smallest absolute Gasteiger partial charge is 0.355 e. The number of nitrogens with one attached hydrogen (secondary N) is 1. The molecule has 3 aliphatic rings. The van der Waals surface area contributed by atoms with Crippen LogP contribution in [0.1, 0.15) is 5.76 Å². The Balaban J connectivity index is 1.59. The average molecular weight is 449 g/mol. The summed E-state index contributed by atoms with van der Waals surface area (Å²) < 4.78 is 5.44. The lowest BCUT2D eigenvalue weighted by Gasteiger charge is -2.30. The van der Waals surface area contributed by atoms with E-state index in [1.807, 2.05) is 36.4 Å². The summed E-state index contributed by atoms with van der Waals surface area (Å²) in [6, 6.07) is 11.3. The van der Waals surface area contributed by atoms with Crippen LogP contribution < -0.4 is 21.5 Å². The van der Waals surface area contributed by atoms with Crippen molar-refractivity contribution in [2.24, 2.45) is 10.7 Å². The van der Waals surface area contributed by atoms with Crippen LogP contribution in [0.5, 0.6) is 0 Å². The number of hydrogen-bond donors (Lipinski definition) is 2. The summed E-state index contributed by atoms with van der Waals surface area (Å²) in [5.41, 5.74) is 6.71. The third-order valence-corrected chi connectivity index (χ3v) is 6.69. The molecule has 7 nitrogen and oxygen atoms in total. The van der Waals surface area contributed by atoms with Gasteiger partial charge in [0.15, 0.2) is 10.9 Å². The normalized spacial score (nSPS) is 24.0. The van der Waals surface area contributed by atoms with Crippen LogP contribution in [0.4, 0.5) is 0 Å². The molecule has 2 atom stereocenters. The van der Waals surface area contributed by atoms with Crippen molar-refractivity contribution in [2.45, 2.75) is 10.9 Å². The van der Waals surface area contributed by atoms with Crippen molar-refractivity contribution < 1.29 is 9.34 Å². The Morgan fingerprint density at radius 3 is 2.87 bits per heavy atom. The zero-order valence-electron chi connectivity index (χ0n) is 16.0. The summed E-state index contributed by atoms with van der Waals surface area (Å²) in [4.78, 5) is 16.4. The number of allylic oxidation sites excluding steroid dienone is 2. The zero-order valence-corrected chi connectivity index (χ0v) is 17.7. The van der Waals surface area contributed by atoms with Gasteiger partial charge in [0, 0.05) is 6.08 Å². The Kier molecular flexibility index (Phi) is 4.64. The molecule has 0 fully saturated rings. The predicted octanol–water partition coefficient (Wildman–Crippen LogP) is 2.08. The number of fused-ring (bicyclic) bond motifs is 2. The molecule has 5 rings (SSSR count). The fourth-order valence-electron chi connectivity index (χ4n) is 3.78. The molecule has 9 heteroatoms. The molecule has 0 bridgehead atoms. The molecule has 1 aromatic carbocycles. The molecule has 2 unspecified atom stereocenters. The molecule has 154 valence electrons. The van der Waals surface area contributed by atoms with E-state index < -0.39 is 10.6 Å². The quantitative estimate of drug-likeness (QED) is 0.319. The topological polar surface area (TPSA) is 107 Å². The van der Waals surface area contributed by atoms with E-state index in [1.54, 1.807) is 35.9 Å². The standard InChI is InChI=1S/C22H16N4O3S2/c23-20-10-17-14(8-13-4-1-2-5-16(13)17)11-22(20,26(27)28)25-21-24-18(9-15(12-30)31-21)19-6-3-7-29-19/h1-12,15H,23H2,(H,24,25). The lowest BCUT2D eigenvalue weighted by atomic mass is 9.91. The van der Waals surface area contributed by atoms with Crippen molar-refractivity contribution >= 4 is 51.9 Å². The first kappa shape index (κ1) is 19.5. The number of nitro groups is 1. The number of thioether (sulfide) groups is 1. The maximum atomic E-state index is 12.3. The minimum Gasteiger partial charge on any atom is -0.463 e. The second kappa shape index (κ2) is 7.36. The summed E-state index contributed by atoms with van der Waals surface area (Å²) in [6.45, 7) is 0. The van der Waals surface area contributed by atoms with Crippen molar-refractivity contribution in [1.29, 1.82) is 0 Å². The molecule has 2 heterocycles. The Bertz CT molecular complexity index is 1360. The van der Waals surface area contributed by atoms with Gasteiger partial charge in [-0.2, -0.15) is 0 Å². The first-order valence-electron chi connectivity index (χ1n) is 9.41. The van der Waals surface area contributed by atoms with Gasteiger partial charge in [-0.25, -0.2) is 4.99 Å². The third kappa shape index (κ3) is 3.22. The number of nitrogens with two attached hydrogens (primary N) is 1. The van der Waals surface area contributed by atoms with E-state index in [-0.39, 0.29) is 10.9 Å². The largest absolute Gasteiger partial charge is 0.463 e.